The summed E-state index contributed by atoms with van der Waals surface area (Å²) in [6, 6.07) is 2.03. The van der Waals surface area contributed by atoms with Crippen LogP contribution in [0, 0.1) is 5.41 Å². The van der Waals surface area contributed by atoms with Gasteiger partial charge in [-0.2, -0.15) is 0 Å². The van der Waals surface area contributed by atoms with Crippen LogP contribution in [-0.4, -0.2) is 30.6 Å². The summed E-state index contributed by atoms with van der Waals surface area (Å²) in [5.74, 6) is 3.52. The molecule has 1 heterocycles. The largest absolute Gasteiger partial charge is 0.373 e. The smallest absolute Gasteiger partial charge is 0.136 e. The summed E-state index contributed by atoms with van der Waals surface area (Å²) < 4.78 is 0. The average molecular weight is 248 g/mol. The first-order valence-electron chi connectivity index (χ1n) is 6.67. The summed E-state index contributed by atoms with van der Waals surface area (Å²) >= 11 is 0. The van der Waals surface area contributed by atoms with Crippen molar-refractivity contribution in [1.82, 2.24) is 9.97 Å². The van der Waals surface area contributed by atoms with E-state index < -0.39 is 0 Å². The Morgan fingerprint density at radius 3 is 2.50 bits per heavy atom. The van der Waals surface area contributed by atoms with Crippen LogP contribution in [0.2, 0.25) is 0 Å². The Morgan fingerprint density at radius 1 is 1.33 bits per heavy atom. The van der Waals surface area contributed by atoms with Crippen molar-refractivity contribution in [3.63, 3.8) is 0 Å². The van der Waals surface area contributed by atoms with E-state index in [1.54, 1.807) is 0 Å². The van der Waals surface area contributed by atoms with Gasteiger partial charge in [0.15, 0.2) is 0 Å². The summed E-state index contributed by atoms with van der Waals surface area (Å²) in [6.45, 7) is 7.71. The van der Waals surface area contributed by atoms with Crippen LogP contribution >= 0.6 is 0 Å². The minimum Gasteiger partial charge on any atom is -0.373 e. The van der Waals surface area contributed by atoms with Crippen LogP contribution in [0.1, 0.15) is 45.4 Å². The molecule has 1 aliphatic rings. The predicted octanol–water partition coefficient (Wildman–Crippen LogP) is 2.88. The van der Waals surface area contributed by atoms with Crippen molar-refractivity contribution < 1.29 is 0 Å². The predicted molar refractivity (Wildman–Crippen MR) is 76.3 cm³/mol. The van der Waals surface area contributed by atoms with Crippen LogP contribution in [0.15, 0.2) is 6.07 Å². The van der Waals surface area contributed by atoms with Crippen LogP contribution < -0.4 is 10.2 Å². The standard InChI is InChI=1S/C14H24N4/c1-14(2,3)9-18(5)12-8-11(15-4)16-13(17-12)10-6-7-10/h8,10H,6-7,9H2,1-5H3,(H,15,16,17). The number of anilines is 2. The Balaban J connectivity index is 2.22. The molecule has 0 radical (unpaired) electrons. The molecular formula is C14H24N4. The lowest BCUT2D eigenvalue weighted by molar-refractivity contribution is 0.417. The lowest BCUT2D eigenvalue weighted by atomic mass is 9.96. The molecule has 1 N–H and O–H groups in total. The highest BCUT2D eigenvalue weighted by molar-refractivity contribution is 5.49. The van der Waals surface area contributed by atoms with Gasteiger partial charge in [-0.1, -0.05) is 20.8 Å². The van der Waals surface area contributed by atoms with E-state index in [4.69, 9.17) is 4.98 Å². The molecule has 1 aliphatic carbocycles. The zero-order valence-electron chi connectivity index (χ0n) is 12.1. The number of nitrogens with one attached hydrogen (secondary N) is 1. The van der Waals surface area contributed by atoms with Crippen molar-refractivity contribution in [2.45, 2.75) is 39.5 Å². The van der Waals surface area contributed by atoms with Crippen molar-refractivity contribution in [2.75, 3.05) is 30.9 Å². The van der Waals surface area contributed by atoms with E-state index in [1.807, 2.05) is 13.1 Å². The van der Waals surface area contributed by atoms with Gasteiger partial charge in [-0.3, -0.25) is 0 Å². The Labute approximate surface area is 110 Å². The third kappa shape index (κ3) is 3.34. The van der Waals surface area contributed by atoms with Gasteiger partial charge in [-0.15, -0.1) is 0 Å². The Hall–Kier alpha value is -1.32. The summed E-state index contributed by atoms with van der Waals surface area (Å²) in [5.41, 5.74) is 0.263. The first-order valence-corrected chi connectivity index (χ1v) is 6.67. The highest BCUT2D eigenvalue weighted by Gasteiger charge is 2.28. The first-order chi connectivity index (χ1) is 8.39. The monoisotopic (exact) mass is 248 g/mol. The zero-order chi connectivity index (χ0) is 13.3. The molecule has 0 bridgehead atoms. The van der Waals surface area contributed by atoms with Crippen molar-refractivity contribution in [2.24, 2.45) is 5.41 Å². The molecule has 18 heavy (non-hydrogen) atoms. The van der Waals surface area contributed by atoms with Gasteiger partial charge in [-0.25, -0.2) is 9.97 Å². The molecule has 100 valence electrons. The van der Waals surface area contributed by atoms with Gasteiger partial charge >= 0.3 is 0 Å². The van der Waals surface area contributed by atoms with Gasteiger partial charge in [0.1, 0.15) is 17.5 Å². The second kappa shape index (κ2) is 4.75. The van der Waals surface area contributed by atoms with Crippen molar-refractivity contribution in [3.05, 3.63) is 11.9 Å². The summed E-state index contributed by atoms with van der Waals surface area (Å²) in [6.07, 6.45) is 2.46. The van der Waals surface area contributed by atoms with Crippen molar-refractivity contribution in [3.8, 4) is 0 Å². The van der Waals surface area contributed by atoms with E-state index in [0.717, 1.165) is 24.0 Å². The van der Waals surface area contributed by atoms with E-state index in [0.29, 0.717) is 5.92 Å². The molecule has 1 saturated carbocycles. The van der Waals surface area contributed by atoms with Crippen LogP contribution in [0.5, 0.6) is 0 Å². The third-order valence-electron chi connectivity index (χ3n) is 3.03. The topological polar surface area (TPSA) is 41.0 Å². The minimum absolute atomic E-state index is 0.263. The molecule has 0 saturated heterocycles. The van der Waals surface area contributed by atoms with Crippen molar-refractivity contribution in [1.29, 1.82) is 0 Å². The zero-order valence-corrected chi connectivity index (χ0v) is 12.1. The SMILES string of the molecule is CNc1cc(N(C)CC(C)(C)C)nc(C2CC2)n1. The molecule has 1 fully saturated rings. The second-order valence-corrected chi connectivity index (χ2v) is 6.41. The lowest BCUT2D eigenvalue weighted by Gasteiger charge is -2.27. The third-order valence-corrected chi connectivity index (χ3v) is 3.03. The second-order valence-electron chi connectivity index (χ2n) is 6.41. The quantitative estimate of drug-likeness (QED) is 0.889. The summed E-state index contributed by atoms with van der Waals surface area (Å²) in [7, 11) is 4.01. The van der Waals surface area contributed by atoms with E-state index in [9.17, 15) is 0 Å². The van der Waals surface area contributed by atoms with Crippen molar-refractivity contribution >= 4 is 11.6 Å². The Bertz CT molecular complexity index is 418. The van der Waals surface area contributed by atoms with Crippen LogP contribution in [0.4, 0.5) is 11.6 Å². The van der Waals surface area contributed by atoms with E-state index >= 15 is 0 Å². The summed E-state index contributed by atoms with van der Waals surface area (Å²) in [4.78, 5) is 11.5. The molecule has 0 spiro atoms. The fourth-order valence-electron chi connectivity index (χ4n) is 2.09. The van der Waals surface area contributed by atoms with Crippen LogP contribution in [0.25, 0.3) is 0 Å². The van der Waals surface area contributed by atoms with E-state index in [-0.39, 0.29) is 5.41 Å². The molecule has 0 unspecified atom stereocenters. The van der Waals surface area contributed by atoms with Crippen LogP contribution in [0.3, 0.4) is 0 Å². The Kier molecular flexibility index (Phi) is 3.46. The molecule has 0 atom stereocenters. The summed E-state index contributed by atoms with van der Waals surface area (Å²) in [5, 5.41) is 3.13. The number of nitrogens with zero attached hydrogens (tertiary/aromatic N) is 3. The molecule has 2 rings (SSSR count). The van der Waals surface area contributed by atoms with Gasteiger partial charge in [0.2, 0.25) is 0 Å². The molecule has 1 aromatic rings. The maximum absolute atomic E-state index is 4.70. The molecule has 4 heteroatoms. The van der Waals surface area contributed by atoms with Gasteiger partial charge in [0, 0.05) is 32.6 Å². The highest BCUT2D eigenvalue weighted by Crippen LogP contribution is 2.39. The molecule has 0 aromatic carbocycles. The lowest BCUT2D eigenvalue weighted by Crippen LogP contribution is -2.30. The average Bonchev–Trinajstić information content (AvgIpc) is 3.09. The highest BCUT2D eigenvalue weighted by atomic mass is 15.2. The molecule has 4 nitrogen and oxygen atoms in total. The Morgan fingerprint density at radius 2 is 2.00 bits per heavy atom. The number of hydrogen-bond acceptors (Lipinski definition) is 4. The maximum atomic E-state index is 4.70. The fraction of sp³-hybridized carbons (Fsp3) is 0.714. The molecule has 1 aromatic heterocycles. The van der Waals surface area contributed by atoms with Crippen LogP contribution in [-0.2, 0) is 0 Å². The van der Waals surface area contributed by atoms with E-state index in [1.165, 1.54) is 12.8 Å². The number of hydrogen-bond donors (Lipinski definition) is 1. The fourth-order valence-corrected chi connectivity index (χ4v) is 2.09. The maximum Gasteiger partial charge on any atom is 0.136 e. The van der Waals surface area contributed by atoms with Gasteiger partial charge in [0.05, 0.1) is 0 Å². The van der Waals surface area contributed by atoms with E-state index in [2.05, 4.69) is 43.0 Å². The molecule has 0 aliphatic heterocycles. The van der Waals surface area contributed by atoms with Gasteiger partial charge in [-0.05, 0) is 18.3 Å². The normalized spacial score (nSPS) is 15.6. The molecular weight excluding hydrogens is 224 g/mol. The van der Waals surface area contributed by atoms with Gasteiger partial charge < -0.3 is 10.2 Å². The minimum atomic E-state index is 0.263. The first kappa shape index (κ1) is 13.1. The molecule has 0 amide bonds. The number of rotatable bonds is 4. The van der Waals surface area contributed by atoms with Gasteiger partial charge in [0.25, 0.3) is 0 Å². The number of aromatic nitrogens is 2.